The summed E-state index contributed by atoms with van der Waals surface area (Å²) in [5.74, 6) is 2.73. The molecule has 1 aromatic carbocycles. The van der Waals surface area contributed by atoms with Gasteiger partial charge in [-0.3, -0.25) is 0 Å². The van der Waals surface area contributed by atoms with Crippen molar-refractivity contribution in [2.24, 2.45) is 5.92 Å². The molecule has 2 aromatic heterocycles. The van der Waals surface area contributed by atoms with Gasteiger partial charge in [0.05, 0.1) is 0 Å². The number of hydrogen-bond acceptors (Lipinski definition) is 4. The Bertz CT molecular complexity index is 803. The molecule has 1 aliphatic heterocycles. The SMILES string of the molecule is CCc1nnc2ccc(N3CCC(Cc4ccccc4)CC3)nn12. The Hall–Kier alpha value is -2.43. The van der Waals surface area contributed by atoms with Crippen molar-refractivity contribution in [3.8, 4) is 0 Å². The van der Waals surface area contributed by atoms with E-state index in [1.54, 1.807) is 0 Å². The van der Waals surface area contributed by atoms with E-state index in [1.165, 1.54) is 24.8 Å². The number of fused-ring (bicyclic) bond motifs is 1. The number of nitrogens with zero attached hydrogens (tertiary/aromatic N) is 5. The third-order valence-corrected chi connectivity index (χ3v) is 4.94. The molecule has 124 valence electrons. The van der Waals surface area contributed by atoms with E-state index in [-0.39, 0.29) is 0 Å². The van der Waals surface area contributed by atoms with Gasteiger partial charge < -0.3 is 4.90 Å². The number of anilines is 1. The minimum Gasteiger partial charge on any atom is -0.355 e. The molecule has 1 fully saturated rings. The molecule has 5 heteroatoms. The minimum atomic E-state index is 0.772. The Morgan fingerprint density at radius 1 is 1.00 bits per heavy atom. The van der Waals surface area contributed by atoms with Crippen molar-refractivity contribution in [3.63, 3.8) is 0 Å². The van der Waals surface area contributed by atoms with E-state index >= 15 is 0 Å². The molecule has 0 N–H and O–H groups in total. The van der Waals surface area contributed by atoms with Gasteiger partial charge in [0.2, 0.25) is 0 Å². The first-order valence-electron chi connectivity index (χ1n) is 8.83. The van der Waals surface area contributed by atoms with Crippen molar-refractivity contribution in [1.82, 2.24) is 19.8 Å². The fourth-order valence-corrected chi connectivity index (χ4v) is 3.53. The molecule has 3 heterocycles. The summed E-state index contributed by atoms with van der Waals surface area (Å²) in [6.45, 7) is 4.22. The van der Waals surface area contributed by atoms with Crippen LogP contribution in [0.4, 0.5) is 5.82 Å². The predicted octanol–water partition coefficient (Wildman–Crippen LogP) is 3.15. The van der Waals surface area contributed by atoms with E-state index < -0.39 is 0 Å². The molecule has 24 heavy (non-hydrogen) atoms. The first kappa shape index (κ1) is 15.1. The third-order valence-electron chi connectivity index (χ3n) is 4.94. The van der Waals surface area contributed by atoms with Crippen LogP contribution in [0.3, 0.4) is 0 Å². The maximum atomic E-state index is 4.76. The fraction of sp³-hybridized carbons (Fsp3) is 0.421. The van der Waals surface area contributed by atoms with Gasteiger partial charge in [0.15, 0.2) is 11.5 Å². The standard InChI is InChI=1S/C19H23N5/c1-2-17-20-21-18-8-9-19(22-24(17)18)23-12-10-16(11-13-23)14-15-6-4-3-5-7-15/h3-9,16H,2,10-14H2,1H3. The maximum absolute atomic E-state index is 4.76. The van der Waals surface area contributed by atoms with Crippen molar-refractivity contribution in [2.75, 3.05) is 18.0 Å². The average Bonchev–Trinajstić information content (AvgIpc) is 3.05. The summed E-state index contributed by atoms with van der Waals surface area (Å²) in [6.07, 6.45) is 4.47. The third kappa shape index (κ3) is 2.98. The minimum absolute atomic E-state index is 0.772. The summed E-state index contributed by atoms with van der Waals surface area (Å²) in [7, 11) is 0. The lowest BCUT2D eigenvalue weighted by atomic mass is 9.90. The predicted molar refractivity (Wildman–Crippen MR) is 95.2 cm³/mol. The Morgan fingerprint density at radius 2 is 1.79 bits per heavy atom. The van der Waals surface area contributed by atoms with Crippen LogP contribution in [0, 0.1) is 5.92 Å². The Balaban J connectivity index is 1.44. The van der Waals surface area contributed by atoms with Gasteiger partial charge in [-0.25, -0.2) is 0 Å². The zero-order valence-corrected chi connectivity index (χ0v) is 14.1. The number of aryl methyl sites for hydroxylation is 1. The van der Waals surface area contributed by atoms with E-state index in [9.17, 15) is 0 Å². The van der Waals surface area contributed by atoms with Crippen molar-refractivity contribution in [1.29, 1.82) is 0 Å². The first-order chi connectivity index (χ1) is 11.8. The smallest absolute Gasteiger partial charge is 0.178 e. The largest absolute Gasteiger partial charge is 0.355 e. The van der Waals surface area contributed by atoms with Crippen LogP contribution < -0.4 is 4.90 Å². The molecule has 1 aliphatic rings. The highest BCUT2D eigenvalue weighted by Gasteiger charge is 2.21. The van der Waals surface area contributed by atoms with Gasteiger partial charge in [0, 0.05) is 19.5 Å². The Kier molecular flexibility index (Phi) is 4.15. The number of aromatic nitrogens is 4. The van der Waals surface area contributed by atoms with Crippen LogP contribution in [-0.4, -0.2) is 32.9 Å². The van der Waals surface area contributed by atoms with Crippen LogP contribution in [0.1, 0.15) is 31.2 Å². The molecule has 0 saturated carbocycles. The first-order valence-corrected chi connectivity index (χ1v) is 8.83. The molecule has 3 aromatic rings. The number of hydrogen-bond donors (Lipinski definition) is 0. The molecule has 1 saturated heterocycles. The summed E-state index contributed by atoms with van der Waals surface area (Å²) in [4.78, 5) is 2.39. The van der Waals surface area contributed by atoms with Crippen LogP contribution in [0.2, 0.25) is 0 Å². The van der Waals surface area contributed by atoms with Crippen LogP contribution in [-0.2, 0) is 12.8 Å². The summed E-state index contributed by atoms with van der Waals surface area (Å²) in [5.41, 5.74) is 2.28. The maximum Gasteiger partial charge on any atom is 0.178 e. The average molecular weight is 321 g/mol. The summed E-state index contributed by atoms with van der Waals surface area (Å²) in [6, 6.07) is 14.9. The molecule has 0 amide bonds. The Labute approximate surface area is 142 Å². The van der Waals surface area contributed by atoms with Crippen LogP contribution in [0.15, 0.2) is 42.5 Å². The van der Waals surface area contributed by atoms with E-state index in [0.29, 0.717) is 0 Å². The van der Waals surface area contributed by atoms with Crippen molar-refractivity contribution >= 4 is 11.5 Å². The van der Waals surface area contributed by atoms with Crippen molar-refractivity contribution < 1.29 is 0 Å². The second-order valence-corrected chi connectivity index (χ2v) is 6.55. The Morgan fingerprint density at radius 3 is 2.54 bits per heavy atom. The summed E-state index contributed by atoms with van der Waals surface area (Å²) >= 11 is 0. The van der Waals surface area contributed by atoms with Gasteiger partial charge in [-0.15, -0.1) is 15.3 Å². The topological polar surface area (TPSA) is 46.3 Å². The molecule has 0 aliphatic carbocycles. The fourth-order valence-electron chi connectivity index (χ4n) is 3.53. The van der Waals surface area contributed by atoms with Gasteiger partial charge in [0.25, 0.3) is 0 Å². The summed E-state index contributed by atoms with van der Waals surface area (Å²) in [5, 5.41) is 13.1. The van der Waals surface area contributed by atoms with E-state index in [2.05, 4.69) is 58.4 Å². The highest BCUT2D eigenvalue weighted by molar-refractivity contribution is 5.46. The number of piperidine rings is 1. The normalized spacial score (nSPS) is 16.0. The lowest BCUT2D eigenvalue weighted by molar-refractivity contribution is 0.401. The molecule has 0 bridgehead atoms. The monoisotopic (exact) mass is 321 g/mol. The lowest BCUT2D eigenvalue weighted by Gasteiger charge is -2.32. The van der Waals surface area contributed by atoms with Crippen molar-refractivity contribution in [2.45, 2.75) is 32.6 Å². The highest BCUT2D eigenvalue weighted by Crippen LogP contribution is 2.24. The van der Waals surface area contributed by atoms with Crippen LogP contribution >= 0.6 is 0 Å². The van der Waals surface area contributed by atoms with E-state index in [1.807, 2.05) is 10.6 Å². The summed E-state index contributed by atoms with van der Waals surface area (Å²) < 4.78 is 1.88. The zero-order valence-electron chi connectivity index (χ0n) is 14.1. The van der Waals surface area contributed by atoms with Gasteiger partial charge in [-0.2, -0.15) is 4.52 Å². The van der Waals surface area contributed by atoms with Gasteiger partial charge >= 0.3 is 0 Å². The highest BCUT2D eigenvalue weighted by atomic mass is 15.4. The lowest BCUT2D eigenvalue weighted by Crippen LogP contribution is -2.35. The van der Waals surface area contributed by atoms with Crippen molar-refractivity contribution in [3.05, 3.63) is 53.9 Å². The van der Waals surface area contributed by atoms with E-state index in [0.717, 1.165) is 42.7 Å². The van der Waals surface area contributed by atoms with Crippen LogP contribution in [0.5, 0.6) is 0 Å². The molecule has 0 unspecified atom stereocenters. The van der Waals surface area contributed by atoms with Gasteiger partial charge in [0.1, 0.15) is 5.82 Å². The number of benzene rings is 1. The molecule has 0 spiro atoms. The quantitative estimate of drug-likeness (QED) is 0.740. The second-order valence-electron chi connectivity index (χ2n) is 6.55. The molecule has 4 rings (SSSR count). The second kappa shape index (κ2) is 6.59. The van der Waals surface area contributed by atoms with Crippen LogP contribution in [0.25, 0.3) is 5.65 Å². The van der Waals surface area contributed by atoms with E-state index in [4.69, 9.17) is 5.10 Å². The molecule has 0 radical (unpaired) electrons. The van der Waals surface area contributed by atoms with Gasteiger partial charge in [-0.05, 0) is 42.9 Å². The zero-order chi connectivity index (χ0) is 16.4. The molecular weight excluding hydrogens is 298 g/mol. The molecule has 0 atom stereocenters. The molecule has 5 nitrogen and oxygen atoms in total. The molecular formula is C19H23N5. The number of rotatable bonds is 4. The van der Waals surface area contributed by atoms with Gasteiger partial charge in [-0.1, -0.05) is 37.3 Å².